The minimum Gasteiger partial charge on any atom is -0.467 e. The van der Waals surface area contributed by atoms with Gasteiger partial charge in [0.15, 0.2) is 0 Å². The van der Waals surface area contributed by atoms with Gasteiger partial charge in [0.05, 0.1) is 18.2 Å². The highest BCUT2D eigenvalue weighted by molar-refractivity contribution is 5.98. The predicted molar refractivity (Wildman–Crippen MR) is 74.1 cm³/mol. The van der Waals surface area contributed by atoms with Gasteiger partial charge >= 0.3 is 12.1 Å². The molecule has 0 aliphatic heterocycles. The zero-order chi connectivity index (χ0) is 16.8. The van der Waals surface area contributed by atoms with Crippen LogP contribution in [-0.4, -0.2) is 25.0 Å². The van der Waals surface area contributed by atoms with Crippen LogP contribution in [0.15, 0.2) is 36.9 Å². The quantitative estimate of drug-likeness (QED) is 0.648. The lowest BCUT2D eigenvalue weighted by Crippen LogP contribution is -2.42. The number of alkyl halides is 3. The molecule has 0 unspecified atom stereocenters. The molecule has 0 spiro atoms. The molecule has 0 aliphatic rings. The van der Waals surface area contributed by atoms with Gasteiger partial charge in [-0.05, 0) is 25.0 Å². The number of esters is 1. The van der Waals surface area contributed by atoms with Crippen LogP contribution in [0, 0.1) is 0 Å². The summed E-state index contributed by atoms with van der Waals surface area (Å²) in [5, 5.41) is 2.27. The van der Waals surface area contributed by atoms with Crippen LogP contribution in [0.1, 0.15) is 28.8 Å². The van der Waals surface area contributed by atoms with Crippen LogP contribution < -0.4 is 5.32 Å². The van der Waals surface area contributed by atoms with E-state index in [0.29, 0.717) is 6.42 Å². The first-order chi connectivity index (χ1) is 10.3. The van der Waals surface area contributed by atoms with E-state index in [1.54, 1.807) is 0 Å². The maximum atomic E-state index is 12.9. The molecule has 0 saturated heterocycles. The van der Waals surface area contributed by atoms with Crippen molar-refractivity contribution in [3.8, 4) is 0 Å². The molecular formula is C15H16F3NO3. The van der Waals surface area contributed by atoms with E-state index in [1.165, 1.54) is 18.2 Å². The molecule has 0 bridgehead atoms. The van der Waals surface area contributed by atoms with Crippen LogP contribution in [0.5, 0.6) is 0 Å². The molecule has 7 heteroatoms. The highest BCUT2D eigenvalue weighted by atomic mass is 19.4. The fourth-order valence-corrected chi connectivity index (χ4v) is 1.84. The number of carbonyl (C=O) groups excluding carboxylic acids is 2. The van der Waals surface area contributed by atoms with Gasteiger partial charge in [-0.25, -0.2) is 4.79 Å². The molecule has 0 saturated carbocycles. The van der Waals surface area contributed by atoms with Gasteiger partial charge in [0.1, 0.15) is 6.04 Å². The number of rotatable bonds is 6. The third-order valence-corrected chi connectivity index (χ3v) is 2.93. The molecule has 0 radical (unpaired) electrons. The van der Waals surface area contributed by atoms with E-state index in [1.807, 2.05) is 0 Å². The molecule has 1 rings (SSSR count). The molecule has 120 valence electrons. The Bertz CT molecular complexity index is 555. The molecule has 0 aliphatic carbocycles. The molecule has 1 atom stereocenters. The molecule has 4 nitrogen and oxygen atoms in total. The van der Waals surface area contributed by atoms with E-state index in [9.17, 15) is 22.8 Å². The summed E-state index contributed by atoms with van der Waals surface area (Å²) in [5.74, 6) is -1.70. The third kappa shape index (κ3) is 4.61. The molecule has 0 heterocycles. The second-order valence-electron chi connectivity index (χ2n) is 4.46. The maximum absolute atomic E-state index is 12.9. The Kier molecular flexibility index (Phi) is 6.15. The average Bonchev–Trinajstić information content (AvgIpc) is 2.49. The lowest BCUT2D eigenvalue weighted by Gasteiger charge is -2.17. The van der Waals surface area contributed by atoms with Crippen LogP contribution in [0.4, 0.5) is 13.2 Å². The summed E-state index contributed by atoms with van der Waals surface area (Å²) in [5.41, 5.74) is -1.60. The number of hydrogen-bond donors (Lipinski definition) is 1. The lowest BCUT2D eigenvalue weighted by molar-refractivity contribution is -0.143. The van der Waals surface area contributed by atoms with E-state index in [-0.39, 0.29) is 6.42 Å². The normalized spacial score (nSPS) is 12.4. The SMILES string of the molecule is C=CCC[C@H](NC(=O)c1ccccc1C(F)(F)F)C(=O)OC. The van der Waals surface area contributed by atoms with Gasteiger partial charge in [-0.1, -0.05) is 18.2 Å². The van der Waals surface area contributed by atoms with Crippen molar-refractivity contribution in [1.82, 2.24) is 5.32 Å². The summed E-state index contributed by atoms with van der Waals surface area (Å²) in [4.78, 5) is 23.6. The first-order valence-corrected chi connectivity index (χ1v) is 6.47. The monoisotopic (exact) mass is 315 g/mol. The summed E-state index contributed by atoms with van der Waals surface area (Å²) in [6.07, 6.45) is -2.53. The molecule has 0 aromatic heterocycles. The highest BCUT2D eigenvalue weighted by Gasteiger charge is 2.35. The third-order valence-electron chi connectivity index (χ3n) is 2.93. The Hall–Kier alpha value is -2.31. The zero-order valence-electron chi connectivity index (χ0n) is 11.9. The fraction of sp³-hybridized carbons (Fsp3) is 0.333. The number of halogens is 3. The van der Waals surface area contributed by atoms with Crippen LogP contribution in [0.3, 0.4) is 0 Å². The number of allylic oxidation sites excluding steroid dienone is 1. The Morgan fingerprint density at radius 2 is 2.00 bits per heavy atom. The summed E-state index contributed by atoms with van der Waals surface area (Å²) < 4.78 is 43.2. The van der Waals surface area contributed by atoms with Crippen molar-refractivity contribution < 1.29 is 27.5 Å². The van der Waals surface area contributed by atoms with Crippen molar-refractivity contribution in [2.75, 3.05) is 7.11 Å². The van der Waals surface area contributed by atoms with Crippen LogP contribution in [-0.2, 0) is 15.7 Å². The molecule has 1 aromatic rings. The predicted octanol–water partition coefficient (Wildman–Crippen LogP) is 2.94. The van der Waals surface area contributed by atoms with Gasteiger partial charge in [-0.2, -0.15) is 13.2 Å². The van der Waals surface area contributed by atoms with Gasteiger partial charge in [0.2, 0.25) is 0 Å². The van der Waals surface area contributed by atoms with Crippen molar-refractivity contribution in [3.05, 3.63) is 48.0 Å². The standard InChI is InChI=1S/C15H16F3NO3/c1-3-4-9-12(14(21)22-2)19-13(20)10-7-5-6-8-11(10)15(16,17)18/h3,5-8,12H,1,4,9H2,2H3,(H,19,20)/t12-/m0/s1. The minimum absolute atomic E-state index is 0.191. The Balaban J connectivity index is 3.00. The van der Waals surface area contributed by atoms with Crippen molar-refractivity contribution in [1.29, 1.82) is 0 Å². The summed E-state index contributed by atoms with van der Waals surface area (Å²) >= 11 is 0. The van der Waals surface area contributed by atoms with Crippen molar-refractivity contribution in [2.45, 2.75) is 25.1 Å². The molecular weight excluding hydrogens is 299 g/mol. The van der Waals surface area contributed by atoms with E-state index in [2.05, 4.69) is 16.6 Å². The summed E-state index contributed by atoms with van der Waals surface area (Å²) in [6.45, 7) is 3.49. The largest absolute Gasteiger partial charge is 0.467 e. The lowest BCUT2D eigenvalue weighted by atomic mass is 10.1. The Morgan fingerprint density at radius 3 is 2.55 bits per heavy atom. The number of ether oxygens (including phenoxy) is 1. The second-order valence-corrected chi connectivity index (χ2v) is 4.46. The van der Waals surface area contributed by atoms with Crippen molar-refractivity contribution in [3.63, 3.8) is 0 Å². The number of methoxy groups -OCH3 is 1. The topological polar surface area (TPSA) is 55.4 Å². The maximum Gasteiger partial charge on any atom is 0.417 e. The number of amides is 1. The molecule has 0 fully saturated rings. The number of nitrogens with one attached hydrogen (secondary N) is 1. The number of hydrogen-bond acceptors (Lipinski definition) is 3. The second kappa shape index (κ2) is 7.63. The van der Waals surface area contributed by atoms with Gasteiger partial charge < -0.3 is 10.1 Å². The fourth-order valence-electron chi connectivity index (χ4n) is 1.84. The van der Waals surface area contributed by atoms with Crippen LogP contribution in [0.2, 0.25) is 0 Å². The van der Waals surface area contributed by atoms with E-state index < -0.39 is 35.2 Å². The van der Waals surface area contributed by atoms with Crippen LogP contribution in [0.25, 0.3) is 0 Å². The molecule has 22 heavy (non-hydrogen) atoms. The van der Waals surface area contributed by atoms with E-state index in [0.717, 1.165) is 19.2 Å². The molecule has 1 N–H and O–H groups in total. The van der Waals surface area contributed by atoms with Crippen molar-refractivity contribution >= 4 is 11.9 Å². The Labute approximate surface area is 126 Å². The highest BCUT2D eigenvalue weighted by Crippen LogP contribution is 2.31. The van der Waals surface area contributed by atoms with E-state index >= 15 is 0 Å². The number of benzene rings is 1. The van der Waals surface area contributed by atoms with E-state index in [4.69, 9.17) is 0 Å². The first kappa shape index (κ1) is 17.7. The molecule has 1 amide bonds. The first-order valence-electron chi connectivity index (χ1n) is 6.47. The summed E-state index contributed by atoms with van der Waals surface area (Å²) in [6, 6.07) is 3.35. The minimum atomic E-state index is -4.66. The summed E-state index contributed by atoms with van der Waals surface area (Å²) in [7, 11) is 1.14. The van der Waals surface area contributed by atoms with Gasteiger partial charge in [0, 0.05) is 0 Å². The van der Waals surface area contributed by atoms with Gasteiger partial charge in [-0.3, -0.25) is 4.79 Å². The zero-order valence-corrected chi connectivity index (χ0v) is 11.9. The van der Waals surface area contributed by atoms with Crippen molar-refractivity contribution in [2.24, 2.45) is 0 Å². The van der Waals surface area contributed by atoms with Gasteiger partial charge in [0.25, 0.3) is 5.91 Å². The smallest absolute Gasteiger partial charge is 0.417 e. The van der Waals surface area contributed by atoms with Gasteiger partial charge in [-0.15, -0.1) is 6.58 Å². The molecule has 1 aromatic carbocycles. The number of carbonyl (C=O) groups is 2. The van der Waals surface area contributed by atoms with Crippen LogP contribution >= 0.6 is 0 Å². The Morgan fingerprint density at radius 1 is 1.36 bits per heavy atom. The average molecular weight is 315 g/mol.